The number of aliphatic hydroxyl groups is 1. The van der Waals surface area contributed by atoms with Gasteiger partial charge in [0.15, 0.2) is 0 Å². The van der Waals surface area contributed by atoms with Crippen molar-refractivity contribution >= 4 is 11.6 Å². The first-order valence-electron chi connectivity index (χ1n) is 6.82. The van der Waals surface area contributed by atoms with Crippen molar-refractivity contribution in [2.45, 2.75) is 25.4 Å². The summed E-state index contributed by atoms with van der Waals surface area (Å²) < 4.78 is 5.80. The van der Waals surface area contributed by atoms with Gasteiger partial charge in [-0.3, -0.25) is 0 Å². The molecule has 0 saturated carbocycles. The van der Waals surface area contributed by atoms with Crippen LogP contribution in [0.3, 0.4) is 0 Å². The first-order valence-corrected chi connectivity index (χ1v) is 7.20. The van der Waals surface area contributed by atoms with Crippen molar-refractivity contribution < 1.29 is 9.84 Å². The van der Waals surface area contributed by atoms with Gasteiger partial charge in [0.25, 0.3) is 0 Å². The zero-order valence-electron chi connectivity index (χ0n) is 11.4. The van der Waals surface area contributed by atoms with E-state index in [2.05, 4.69) is 6.07 Å². The molecule has 1 aliphatic rings. The van der Waals surface area contributed by atoms with E-state index in [1.807, 2.05) is 24.3 Å². The molecule has 0 amide bonds. The fraction of sp³-hybridized carbons (Fsp3) is 0.294. The summed E-state index contributed by atoms with van der Waals surface area (Å²) in [5.41, 5.74) is 1.62. The average molecular weight is 289 g/mol. The molecule has 1 N–H and O–H groups in total. The van der Waals surface area contributed by atoms with E-state index in [1.54, 1.807) is 19.1 Å². The van der Waals surface area contributed by atoms with Crippen molar-refractivity contribution in [2.75, 3.05) is 6.61 Å². The van der Waals surface area contributed by atoms with Gasteiger partial charge in [-0.25, -0.2) is 0 Å². The number of rotatable bonds is 2. The molecule has 1 heterocycles. The molecule has 0 spiro atoms. The van der Waals surface area contributed by atoms with E-state index in [4.69, 9.17) is 16.3 Å². The molecule has 2 aromatic rings. The van der Waals surface area contributed by atoms with Gasteiger partial charge >= 0.3 is 0 Å². The summed E-state index contributed by atoms with van der Waals surface area (Å²) in [7, 11) is 0. The highest BCUT2D eigenvalue weighted by Gasteiger charge is 2.31. The Labute approximate surface area is 124 Å². The standard InChI is InChI=1S/C17H17ClO2/c1-17(19,13-7-3-8-14(18)11-13)15-9-2-5-12-6-4-10-20-16(12)15/h2-3,5,7-9,11,19H,4,6,10H2,1H3. The van der Waals surface area contributed by atoms with Gasteiger partial charge in [0.1, 0.15) is 11.4 Å². The third-order valence-electron chi connectivity index (χ3n) is 3.84. The van der Waals surface area contributed by atoms with Crippen LogP contribution >= 0.6 is 11.6 Å². The number of halogens is 1. The highest BCUT2D eigenvalue weighted by atomic mass is 35.5. The lowest BCUT2D eigenvalue weighted by Gasteiger charge is -2.29. The van der Waals surface area contributed by atoms with Gasteiger partial charge in [0.2, 0.25) is 0 Å². The van der Waals surface area contributed by atoms with Gasteiger partial charge in [-0.1, -0.05) is 41.9 Å². The van der Waals surface area contributed by atoms with Crippen LogP contribution in [0.15, 0.2) is 42.5 Å². The largest absolute Gasteiger partial charge is 0.493 e. The Bertz CT molecular complexity index is 635. The first kappa shape index (κ1) is 13.5. The minimum absolute atomic E-state index is 0.619. The highest BCUT2D eigenvalue weighted by Crippen LogP contribution is 2.39. The van der Waals surface area contributed by atoms with Crippen LogP contribution in [0.4, 0.5) is 0 Å². The summed E-state index contributed by atoms with van der Waals surface area (Å²) in [6, 6.07) is 13.3. The van der Waals surface area contributed by atoms with Crippen molar-refractivity contribution in [3.05, 3.63) is 64.2 Å². The third-order valence-corrected chi connectivity index (χ3v) is 4.08. The summed E-state index contributed by atoms with van der Waals surface area (Å²) in [6.07, 6.45) is 2.02. The molecule has 0 bridgehead atoms. The summed E-state index contributed by atoms with van der Waals surface area (Å²) >= 11 is 6.04. The van der Waals surface area contributed by atoms with E-state index >= 15 is 0 Å². The zero-order chi connectivity index (χ0) is 14.2. The van der Waals surface area contributed by atoms with E-state index in [9.17, 15) is 5.11 Å². The molecule has 0 aromatic heterocycles. The Morgan fingerprint density at radius 2 is 2.00 bits per heavy atom. The van der Waals surface area contributed by atoms with Crippen molar-refractivity contribution in [1.29, 1.82) is 0 Å². The lowest BCUT2D eigenvalue weighted by molar-refractivity contribution is 0.0968. The molecule has 20 heavy (non-hydrogen) atoms. The predicted octanol–water partition coefficient (Wildman–Crippen LogP) is 3.92. The predicted molar refractivity (Wildman–Crippen MR) is 80.4 cm³/mol. The second-order valence-corrected chi connectivity index (χ2v) is 5.76. The zero-order valence-corrected chi connectivity index (χ0v) is 12.2. The van der Waals surface area contributed by atoms with Crippen molar-refractivity contribution in [3.8, 4) is 5.75 Å². The molecule has 0 radical (unpaired) electrons. The maximum absolute atomic E-state index is 11.0. The fourth-order valence-electron chi connectivity index (χ4n) is 2.72. The van der Waals surface area contributed by atoms with Crippen LogP contribution in [0, 0.1) is 0 Å². The number of fused-ring (bicyclic) bond motifs is 1. The van der Waals surface area contributed by atoms with Crippen LogP contribution in [0.1, 0.15) is 30.0 Å². The number of hydrogen-bond acceptors (Lipinski definition) is 2. The van der Waals surface area contributed by atoms with Gasteiger partial charge in [0, 0.05) is 10.6 Å². The summed E-state index contributed by atoms with van der Waals surface area (Å²) in [4.78, 5) is 0. The number of hydrogen-bond donors (Lipinski definition) is 1. The molecule has 0 aliphatic carbocycles. The number of para-hydroxylation sites is 1. The average Bonchev–Trinajstić information content (AvgIpc) is 2.46. The second-order valence-electron chi connectivity index (χ2n) is 5.33. The van der Waals surface area contributed by atoms with Crippen LogP contribution in [0.25, 0.3) is 0 Å². The Morgan fingerprint density at radius 3 is 2.80 bits per heavy atom. The number of ether oxygens (including phenoxy) is 1. The lowest BCUT2D eigenvalue weighted by Crippen LogP contribution is -2.25. The molecule has 0 fully saturated rings. The third kappa shape index (κ3) is 2.30. The molecule has 104 valence electrons. The molecule has 3 rings (SSSR count). The summed E-state index contributed by atoms with van der Waals surface area (Å²) in [5, 5.41) is 11.6. The van der Waals surface area contributed by atoms with Gasteiger partial charge in [-0.05, 0) is 43.0 Å². The molecule has 2 aromatic carbocycles. The van der Waals surface area contributed by atoms with Crippen LogP contribution < -0.4 is 4.74 Å². The van der Waals surface area contributed by atoms with E-state index in [1.165, 1.54) is 0 Å². The van der Waals surface area contributed by atoms with Gasteiger partial charge < -0.3 is 9.84 Å². The van der Waals surface area contributed by atoms with Crippen LogP contribution in [0.5, 0.6) is 5.75 Å². The maximum atomic E-state index is 11.0. The molecule has 1 unspecified atom stereocenters. The smallest absolute Gasteiger partial charge is 0.128 e. The van der Waals surface area contributed by atoms with Crippen LogP contribution in [-0.2, 0) is 12.0 Å². The molecule has 1 aliphatic heterocycles. The Balaban J connectivity index is 2.12. The monoisotopic (exact) mass is 288 g/mol. The number of aryl methyl sites for hydroxylation is 1. The van der Waals surface area contributed by atoms with E-state index in [0.29, 0.717) is 11.6 Å². The van der Waals surface area contributed by atoms with E-state index in [0.717, 1.165) is 35.3 Å². The van der Waals surface area contributed by atoms with E-state index in [-0.39, 0.29) is 0 Å². The summed E-state index contributed by atoms with van der Waals surface area (Å²) in [5.74, 6) is 0.823. The number of benzene rings is 2. The van der Waals surface area contributed by atoms with Gasteiger partial charge in [-0.2, -0.15) is 0 Å². The van der Waals surface area contributed by atoms with Crippen molar-refractivity contribution in [3.63, 3.8) is 0 Å². The Hall–Kier alpha value is -1.51. The molecule has 3 heteroatoms. The highest BCUT2D eigenvalue weighted by molar-refractivity contribution is 6.30. The normalized spacial score (nSPS) is 16.9. The Morgan fingerprint density at radius 1 is 1.20 bits per heavy atom. The quantitative estimate of drug-likeness (QED) is 0.907. The first-order chi connectivity index (χ1) is 9.59. The lowest BCUT2D eigenvalue weighted by atomic mass is 9.85. The molecule has 1 atom stereocenters. The Kier molecular flexibility index (Phi) is 3.45. The molecule has 0 saturated heterocycles. The molecular weight excluding hydrogens is 272 g/mol. The second kappa shape index (κ2) is 5.12. The molecule has 2 nitrogen and oxygen atoms in total. The van der Waals surface area contributed by atoms with Crippen molar-refractivity contribution in [2.24, 2.45) is 0 Å². The van der Waals surface area contributed by atoms with Crippen molar-refractivity contribution in [1.82, 2.24) is 0 Å². The minimum Gasteiger partial charge on any atom is -0.493 e. The topological polar surface area (TPSA) is 29.5 Å². The minimum atomic E-state index is -1.12. The van der Waals surface area contributed by atoms with Crippen LogP contribution in [0.2, 0.25) is 5.02 Å². The SMILES string of the molecule is CC(O)(c1cccc(Cl)c1)c1cccc2c1OCCC2. The van der Waals surface area contributed by atoms with E-state index < -0.39 is 5.60 Å². The van der Waals surface area contributed by atoms with Gasteiger partial charge in [0.05, 0.1) is 6.61 Å². The maximum Gasteiger partial charge on any atom is 0.128 e. The fourth-order valence-corrected chi connectivity index (χ4v) is 2.91. The summed E-state index contributed by atoms with van der Waals surface area (Å²) in [6.45, 7) is 2.49. The van der Waals surface area contributed by atoms with Crippen LogP contribution in [-0.4, -0.2) is 11.7 Å². The molecular formula is C17H17ClO2. The van der Waals surface area contributed by atoms with Gasteiger partial charge in [-0.15, -0.1) is 0 Å².